The second-order valence-corrected chi connectivity index (χ2v) is 6.23. The SMILES string of the molecule is CCc1ccccc1CNC(=NC)NCCN(CCOC)C1CC1. The molecule has 0 atom stereocenters. The first-order valence-electron chi connectivity index (χ1n) is 9.02. The number of nitrogens with one attached hydrogen (secondary N) is 2. The largest absolute Gasteiger partial charge is 0.383 e. The van der Waals surface area contributed by atoms with Crippen molar-refractivity contribution in [2.24, 2.45) is 4.99 Å². The van der Waals surface area contributed by atoms with Crippen LogP contribution in [0.4, 0.5) is 0 Å². The van der Waals surface area contributed by atoms with Crippen molar-refractivity contribution in [2.75, 3.05) is 40.4 Å². The summed E-state index contributed by atoms with van der Waals surface area (Å²) in [6, 6.07) is 9.32. The molecule has 5 nitrogen and oxygen atoms in total. The molecule has 0 bridgehead atoms. The molecule has 5 heteroatoms. The molecule has 0 aromatic heterocycles. The highest BCUT2D eigenvalue weighted by atomic mass is 16.5. The van der Waals surface area contributed by atoms with Gasteiger partial charge in [-0.2, -0.15) is 0 Å². The van der Waals surface area contributed by atoms with Crippen LogP contribution in [0.25, 0.3) is 0 Å². The van der Waals surface area contributed by atoms with E-state index in [0.717, 1.165) is 51.2 Å². The Morgan fingerprint density at radius 1 is 1.21 bits per heavy atom. The number of rotatable bonds is 10. The van der Waals surface area contributed by atoms with Gasteiger partial charge in [0.1, 0.15) is 0 Å². The van der Waals surface area contributed by atoms with Crippen LogP contribution in [0.1, 0.15) is 30.9 Å². The summed E-state index contributed by atoms with van der Waals surface area (Å²) in [5.74, 6) is 0.864. The fraction of sp³-hybridized carbons (Fsp3) is 0.632. The Hall–Kier alpha value is -1.59. The third-order valence-corrected chi connectivity index (χ3v) is 4.51. The molecule has 0 radical (unpaired) electrons. The zero-order valence-electron chi connectivity index (χ0n) is 15.3. The van der Waals surface area contributed by atoms with E-state index in [2.05, 4.69) is 51.7 Å². The van der Waals surface area contributed by atoms with Crippen LogP contribution in [0, 0.1) is 0 Å². The van der Waals surface area contributed by atoms with Crippen molar-refractivity contribution in [3.63, 3.8) is 0 Å². The molecule has 1 aliphatic rings. The minimum atomic E-state index is 0.758. The number of aryl methyl sites for hydroxylation is 1. The van der Waals surface area contributed by atoms with Gasteiger partial charge in [0.05, 0.1) is 6.61 Å². The van der Waals surface area contributed by atoms with Gasteiger partial charge in [-0.3, -0.25) is 9.89 Å². The van der Waals surface area contributed by atoms with Gasteiger partial charge in [0, 0.05) is 46.4 Å². The number of guanidine groups is 1. The van der Waals surface area contributed by atoms with E-state index in [1.165, 1.54) is 24.0 Å². The van der Waals surface area contributed by atoms with Gasteiger partial charge in [0.15, 0.2) is 5.96 Å². The van der Waals surface area contributed by atoms with E-state index >= 15 is 0 Å². The molecule has 0 unspecified atom stereocenters. The van der Waals surface area contributed by atoms with Crippen molar-refractivity contribution in [2.45, 2.75) is 38.8 Å². The summed E-state index contributed by atoms with van der Waals surface area (Å²) in [6.07, 6.45) is 3.70. The summed E-state index contributed by atoms with van der Waals surface area (Å²) < 4.78 is 5.21. The van der Waals surface area contributed by atoms with Gasteiger partial charge in [-0.15, -0.1) is 0 Å². The first kappa shape index (κ1) is 18.7. The summed E-state index contributed by atoms with van der Waals surface area (Å²) >= 11 is 0. The molecule has 0 heterocycles. The normalized spacial score (nSPS) is 14.9. The molecule has 0 saturated heterocycles. The zero-order valence-corrected chi connectivity index (χ0v) is 15.3. The molecule has 0 spiro atoms. The fourth-order valence-electron chi connectivity index (χ4n) is 2.92. The minimum Gasteiger partial charge on any atom is -0.383 e. The van der Waals surface area contributed by atoms with E-state index in [9.17, 15) is 0 Å². The summed E-state index contributed by atoms with van der Waals surface area (Å²) in [4.78, 5) is 6.84. The molecule has 1 aromatic carbocycles. The molecule has 24 heavy (non-hydrogen) atoms. The van der Waals surface area contributed by atoms with Crippen LogP contribution < -0.4 is 10.6 Å². The lowest BCUT2D eigenvalue weighted by Gasteiger charge is -2.22. The summed E-state index contributed by atoms with van der Waals surface area (Å²) in [6.45, 7) is 6.74. The van der Waals surface area contributed by atoms with Crippen LogP contribution >= 0.6 is 0 Å². The zero-order chi connectivity index (χ0) is 17.2. The number of hydrogen-bond donors (Lipinski definition) is 2. The Balaban J connectivity index is 1.73. The van der Waals surface area contributed by atoms with Crippen LogP contribution in [0.5, 0.6) is 0 Å². The maximum absolute atomic E-state index is 5.21. The maximum Gasteiger partial charge on any atom is 0.191 e. The van der Waals surface area contributed by atoms with Gasteiger partial charge in [-0.1, -0.05) is 31.2 Å². The van der Waals surface area contributed by atoms with Crippen LogP contribution in [0.3, 0.4) is 0 Å². The molecular formula is C19H32N4O. The monoisotopic (exact) mass is 332 g/mol. The van der Waals surface area contributed by atoms with Gasteiger partial charge in [-0.05, 0) is 30.4 Å². The Kier molecular flexibility index (Phi) is 8.05. The lowest BCUT2D eigenvalue weighted by Crippen LogP contribution is -2.42. The molecule has 0 aliphatic heterocycles. The Morgan fingerprint density at radius 3 is 2.58 bits per heavy atom. The van der Waals surface area contributed by atoms with Crippen molar-refractivity contribution < 1.29 is 4.74 Å². The molecule has 0 amide bonds. The summed E-state index contributed by atoms with van der Waals surface area (Å²) in [7, 11) is 3.59. The first-order valence-corrected chi connectivity index (χ1v) is 9.02. The van der Waals surface area contributed by atoms with Crippen LogP contribution in [0.15, 0.2) is 29.3 Å². The second kappa shape index (κ2) is 10.3. The van der Waals surface area contributed by atoms with Crippen LogP contribution in [-0.4, -0.2) is 57.3 Å². The summed E-state index contributed by atoms with van der Waals surface area (Å²) in [5, 5.41) is 6.84. The molecule has 1 fully saturated rings. The molecule has 2 rings (SSSR count). The topological polar surface area (TPSA) is 48.9 Å². The molecular weight excluding hydrogens is 300 g/mol. The Bertz CT molecular complexity index is 514. The molecule has 134 valence electrons. The van der Waals surface area contributed by atoms with Gasteiger partial charge in [-0.25, -0.2) is 0 Å². The minimum absolute atomic E-state index is 0.758. The van der Waals surface area contributed by atoms with Crippen molar-refractivity contribution in [1.29, 1.82) is 0 Å². The predicted octanol–water partition coefficient (Wildman–Crippen LogP) is 2.02. The fourth-order valence-corrected chi connectivity index (χ4v) is 2.92. The standard InChI is InChI=1S/C19H32N4O/c1-4-16-7-5-6-8-17(16)15-22-19(20-2)21-11-12-23(13-14-24-3)18-9-10-18/h5-8,18H,4,9-15H2,1-3H3,(H2,20,21,22). The van der Waals surface area contributed by atoms with E-state index < -0.39 is 0 Å². The lowest BCUT2D eigenvalue weighted by atomic mass is 10.1. The van der Waals surface area contributed by atoms with Crippen LogP contribution in [0.2, 0.25) is 0 Å². The number of hydrogen-bond acceptors (Lipinski definition) is 3. The second-order valence-electron chi connectivity index (χ2n) is 6.23. The third kappa shape index (κ3) is 6.13. The average Bonchev–Trinajstić information content (AvgIpc) is 3.45. The van der Waals surface area contributed by atoms with Gasteiger partial charge >= 0.3 is 0 Å². The predicted molar refractivity (Wildman–Crippen MR) is 100 cm³/mol. The number of methoxy groups -OCH3 is 1. The Morgan fingerprint density at radius 2 is 1.96 bits per heavy atom. The Labute approximate surface area is 146 Å². The maximum atomic E-state index is 5.21. The molecule has 1 saturated carbocycles. The number of benzene rings is 1. The van der Waals surface area contributed by atoms with Crippen molar-refractivity contribution in [3.05, 3.63) is 35.4 Å². The smallest absolute Gasteiger partial charge is 0.191 e. The van der Waals surface area contributed by atoms with Crippen molar-refractivity contribution >= 4 is 5.96 Å². The van der Waals surface area contributed by atoms with Crippen molar-refractivity contribution in [1.82, 2.24) is 15.5 Å². The quantitative estimate of drug-likeness (QED) is 0.508. The van der Waals surface area contributed by atoms with E-state index in [1.807, 2.05) is 7.05 Å². The van der Waals surface area contributed by atoms with Crippen molar-refractivity contribution in [3.8, 4) is 0 Å². The van der Waals surface area contributed by atoms with E-state index in [1.54, 1.807) is 7.11 Å². The van der Waals surface area contributed by atoms with Crippen LogP contribution in [-0.2, 0) is 17.7 Å². The van der Waals surface area contributed by atoms with Gasteiger partial charge < -0.3 is 15.4 Å². The summed E-state index contributed by atoms with van der Waals surface area (Å²) in [5.41, 5.74) is 2.72. The average molecular weight is 332 g/mol. The molecule has 1 aliphatic carbocycles. The van der Waals surface area contributed by atoms with E-state index in [4.69, 9.17) is 4.74 Å². The van der Waals surface area contributed by atoms with Gasteiger partial charge in [0.2, 0.25) is 0 Å². The third-order valence-electron chi connectivity index (χ3n) is 4.51. The molecule has 2 N–H and O–H groups in total. The number of aliphatic imine (C=N–C) groups is 1. The number of ether oxygens (including phenoxy) is 1. The number of nitrogens with zero attached hydrogens (tertiary/aromatic N) is 2. The van der Waals surface area contributed by atoms with E-state index in [0.29, 0.717) is 0 Å². The van der Waals surface area contributed by atoms with E-state index in [-0.39, 0.29) is 0 Å². The molecule has 1 aromatic rings. The highest BCUT2D eigenvalue weighted by molar-refractivity contribution is 5.79. The first-order chi connectivity index (χ1) is 11.8. The highest BCUT2D eigenvalue weighted by Gasteiger charge is 2.28. The lowest BCUT2D eigenvalue weighted by molar-refractivity contribution is 0.144. The highest BCUT2D eigenvalue weighted by Crippen LogP contribution is 2.25. The van der Waals surface area contributed by atoms with Gasteiger partial charge in [0.25, 0.3) is 0 Å².